The van der Waals surface area contributed by atoms with Gasteiger partial charge in [-0.3, -0.25) is 14.5 Å². The molecule has 27 heavy (non-hydrogen) atoms. The van der Waals surface area contributed by atoms with Crippen LogP contribution in [0.25, 0.3) is 0 Å². The Morgan fingerprint density at radius 2 is 1.96 bits per heavy atom. The Kier molecular flexibility index (Phi) is 7.79. The summed E-state index contributed by atoms with van der Waals surface area (Å²) in [5, 5.41) is 2.86. The molecular weight excluding hydrogens is 344 g/mol. The van der Waals surface area contributed by atoms with Crippen LogP contribution in [0.4, 0.5) is 4.79 Å². The molecule has 0 aromatic rings. The van der Waals surface area contributed by atoms with E-state index in [-0.39, 0.29) is 29.8 Å². The van der Waals surface area contributed by atoms with Crippen molar-refractivity contribution in [1.82, 2.24) is 20.0 Å². The van der Waals surface area contributed by atoms with Crippen LogP contribution in [-0.2, 0) is 9.59 Å². The minimum atomic E-state index is -0.307. The molecule has 7 nitrogen and oxygen atoms in total. The van der Waals surface area contributed by atoms with Gasteiger partial charge in [0.15, 0.2) is 0 Å². The summed E-state index contributed by atoms with van der Waals surface area (Å²) in [6, 6.07) is 0.0627. The largest absolute Gasteiger partial charge is 0.335 e. The monoisotopic (exact) mass is 380 g/mol. The van der Waals surface area contributed by atoms with Gasteiger partial charge in [0.25, 0.3) is 0 Å². The molecule has 0 radical (unpaired) electrons. The van der Waals surface area contributed by atoms with Crippen molar-refractivity contribution in [2.75, 3.05) is 40.8 Å². The first-order chi connectivity index (χ1) is 12.7. The molecule has 0 aromatic carbocycles. The third kappa shape index (κ3) is 6.01. The highest BCUT2D eigenvalue weighted by Crippen LogP contribution is 2.36. The number of piperidine rings is 1. The van der Waals surface area contributed by atoms with Crippen LogP contribution in [-0.4, -0.2) is 85.3 Å². The number of Topliss-reactive ketones (excluding diaryl/α,β-unsaturated/α-hetero) is 1. The molecular formula is C20H36N4O3. The number of carbonyl (C=O) groups is 3. The fraction of sp³-hybridized carbons (Fsp3) is 0.850. The van der Waals surface area contributed by atoms with Crippen LogP contribution < -0.4 is 5.32 Å². The molecule has 2 aliphatic rings. The average Bonchev–Trinajstić information content (AvgIpc) is 2.56. The third-order valence-corrected chi connectivity index (χ3v) is 5.67. The molecule has 3 atom stereocenters. The van der Waals surface area contributed by atoms with Crippen LogP contribution in [0.2, 0.25) is 0 Å². The lowest BCUT2D eigenvalue weighted by molar-refractivity contribution is -0.138. The van der Waals surface area contributed by atoms with E-state index in [1.54, 1.807) is 0 Å². The summed E-state index contributed by atoms with van der Waals surface area (Å²) < 4.78 is 0. The zero-order valence-corrected chi connectivity index (χ0v) is 17.5. The van der Waals surface area contributed by atoms with Crippen molar-refractivity contribution in [3.63, 3.8) is 0 Å². The average molecular weight is 381 g/mol. The molecule has 0 spiro atoms. The van der Waals surface area contributed by atoms with E-state index >= 15 is 0 Å². The summed E-state index contributed by atoms with van der Waals surface area (Å²) in [5.74, 6) is 0.212. The van der Waals surface area contributed by atoms with Crippen LogP contribution in [0.15, 0.2) is 0 Å². The maximum atomic E-state index is 13.2. The van der Waals surface area contributed by atoms with Gasteiger partial charge in [-0.15, -0.1) is 0 Å². The fourth-order valence-electron chi connectivity index (χ4n) is 4.40. The normalized spacial score (nSPS) is 26.2. The fourth-order valence-corrected chi connectivity index (χ4v) is 4.40. The van der Waals surface area contributed by atoms with Crippen molar-refractivity contribution in [2.45, 2.75) is 58.0 Å². The van der Waals surface area contributed by atoms with Crippen molar-refractivity contribution in [3.8, 4) is 0 Å². The smallest absolute Gasteiger partial charge is 0.324 e. The van der Waals surface area contributed by atoms with Crippen LogP contribution in [0.3, 0.4) is 0 Å². The van der Waals surface area contributed by atoms with E-state index in [1.807, 2.05) is 35.0 Å². The lowest BCUT2D eigenvalue weighted by Gasteiger charge is -2.45. The summed E-state index contributed by atoms with van der Waals surface area (Å²) in [6.45, 7) is 5.69. The number of fused-ring (bicyclic) bond motifs is 1. The zero-order valence-electron chi connectivity index (χ0n) is 17.5. The van der Waals surface area contributed by atoms with Crippen molar-refractivity contribution in [1.29, 1.82) is 0 Å². The van der Waals surface area contributed by atoms with E-state index in [0.717, 1.165) is 19.4 Å². The number of rotatable bonds is 6. The molecule has 0 unspecified atom stereocenters. The summed E-state index contributed by atoms with van der Waals surface area (Å²) >= 11 is 0. The number of urea groups is 1. The Hall–Kier alpha value is -1.47. The minimum absolute atomic E-state index is 0.0176. The molecule has 2 rings (SSSR count). The molecule has 2 fully saturated rings. The second kappa shape index (κ2) is 9.64. The van der Waals surface area contributed by atoms with Crippen molar-refractivity contribution in [3.05, 3.63) is 0 Å². The predicted molar refractivity (Wildman–Crippen MR) is 105 cm³/mol. The van der Waals surface area contributed by atoms with Crippen molar-refractivity contribution in [2.24, 2.45) is 11.8 Å². The molecule has 1 saturated carbocycles. The second-order valence-electron chi connectivity index (χ2n) is 8.73. The Morgan fingerprint density at radius 1 is 1.26 bits per heavy atom. The number of amides is 3. The van der Waals surface area contributed by atoms with Gasteiger partial charge in [0.1, 0.15) is 5.78 Å². The van der Waals surface area contributed by atoms with Crippen molar-refractivity contribution >= 4 is 17.7 Å². The van der Waals surface area contributed by atoms with Gasteiger partial charge < -0.3 is 15.1 Å². The SMILES string of the molecule is CC(C)NC(=O)N(CCCN(C)C)C(=O)[C@@H]1C[C@@H]2CC(=O)CC[C@H]2N(C)C1. The van der Waals surface area contributed by atoms with Gasteiger partial charge in [0.05, 0.1) is 5.92 Å². The lowest BCUT2D eigenvalue weighted by Crippen LogP contribution is -2.55. The quantitative estimate of drug-likeness (QED) is 0.757. The summed E-state index contributed by atoms with van der Waals surface area (Å²) in [4.78, 5) is 43.4. The summed E-state index contributed by atoms with van der Waals surface area (Å²) in [7, 11) is 6.00. The Bertz CT molecular complexity index is 549. The second-order valence-corrected chi connectivity index (χ2v) is 8.73. The standard InChI is InChI=1S/C20H36N4O3/c1-14(2)21-20(27)24(10-6-9-22(3)4)19(26)16-11-15-12-17(25)7-8-18(15)23(5)13-16/h14-16,18H,6-13H2,1-5H3,(H,21,27)/t15-,16-,18-/m1/s1. The van der Waals surface area contributed by atoms with Crippen molar-refractivity contribution < 1.29 is 14.4 Å². The van der Waals surface area contributed by atoms with E-state index in [0.29, 0.717) is 44.2 Å². The molecule has 0 aromatic heterocycles. The maximum absolute atomic E-state index is 13.2. The van der Waals surface area contributed by atoms with Gasteiger partial charge in [0.2, 0.25) is 5.91 Å². The van der Waals surface area contributed by atoms with Gasteiger partial charge in [0, 0.05) is 38.0 Å². The molecule has 3 amide bonds. The number of imide groups is 1. The zero-order chi connectivity index (χ0) is 20.1. The number of carbonyl (C=O) groups excluding carboxylic acids is 3. The highest BCUT2D eigenvalue weighted by atomic mass is 16.2. The molecule has 1 heterocycles. The first-order valence-electron chi connectivity index (χ1n) is 10.2. The van der Waals surface area contributed by atoms with E-state index in [9.17, 15) is 14.4 Å². The molecule has 1 aliphatic heterocycles. The van der Waals surface area contributed by atoms with Gasteiger partial charge in [-0.05, 0) is 66.7 Å². The van der Waals surface area contributed by atoms with E-state index in [1.165, 1.54) is 4.90 Å². The molecule has 0 bridgehead atoms. The topological polar surface area (TPSA) is 73.0 Å². The Balaban J connectivity index is 2.07. The predicted octanol–water partition coefficient (Wildman–Crippen LogP) is 1.57. The van der Waals surface area contributed by atoms with Gasteiger partial charge in [-0.25, -0.2) is 4.79 Å². The summed E-state index contributed by atoms with van der Waals surface area (Å²) in [6.07, 6.45) is 3.56. The van der Waals surface area contributed by atoms with Crippen LogP contribution in [0, 0.1) is 11.8 Å². The minimum Gasteiger partial charge on any atom is -0.335 e. The first kappa shape index (κ1) is 21.8. The number of ketones is 1. The molecule has 1 saturated heterocycles. The first-order valence-corrected chi connectivity index (χ1v) is 10.2. The third-order valence-electron chi connectivity index (χ3n) is 5.67. The van der Waals surface area contributed by atoms with Gasteiger partial charge in [-0.1, -0.05) is 0 Å². The van der Waals surface area contributed by atoms with Crippen LogP contribution in [0.5, 0.6) is 0 Å². The number of nitrogens with one attached hydrogen (secondary N) is 1. The number of likely N-dealkylation sites (tertiary alicyclic amines) is 1. The maximum Gasteiger partial charge on any atom is 0.324 e. The molecule has 7 heteroatoms. The molecule has 1 aliphatic carbocycles. The van der Waals surface area contributed by atoms with E-state index in [4.69, 9.17) is 0 Å². The van der Waals surface area contributed by atoms with Crippen LogP contribution in [0.1, 0.15) is 46.0 Å². The molecule has 154 valence electrons. The number of hydrogen-bond acceptors (Lipinski definition) is 5. The number of hydrogen-bond donors (Lipinski definition) is 1. The number of nitrogens with zero attached hydrogens (tertiary/aromatic N) is 3. The van der Waals surface area contributed by atoms with E-state index in [2.05, 4.69) is 15.1 Å². The Labute approximate surface area is 163 Å². The highest BCUT2D eigenvalue weighted by Gasteiger charge is 2.42. The Morgan fingerprint density at radius 3 is 2.59 bits per heavy atom. The van der Waals surface area contributed by atoms with E-state index < -0.39 is 0 Å². The lowest BCUT2D eigenvalue weighted by atomic mass is 9.74. The van der Waals surface area contributed by atoms with Gasteiger partial charge >= 0.3 is 6.03 Å². The molecule has 1 N–H and O–H groups in total. The summed E-state index contributed by atoms with van der Waals surface area (Å²) in [5.41, 5.74) is 0. The highest BCUT2D eigenvalue weighted by molar-refractivity contribution is 5.96. The van der Waals surface area contributed by atoms with Gasteiger partial charge in [-0.2, -0.15) is 0 Å². The van der Waals surface area contributed by atoms with Crippen LogP contribution >= 0.6 is 0 Å².